The van der Waals surface area contributed by atoms with E-state index in [-0.39, 0.29) is 18.2 Å². The Morgan fingerprint density at radius 2 is 1.41 bits per heavy atom. The molecule has 4 aromatic carbocycles. The molecule has 1 atom stereocenters. The Hall–Kier alpha value is -4.22. The maximum atomic E-state index is 14.3. The summed E-state index contributed by atoms with van der Waals surface area (Å²) in [6, 6.07) is 35.1. The monoisotopic (exact) mass is 544 g/mol. The summed E-state index contributed by atoms with van der Waals surface area (Å²) in [6.07, 6.45) is 1.43. The summed E-state index contributed by atoms with van der Waals surface area (Å²) >= 11 is 0. The average molecular weight is 545 g/mol. The predicted octanol–water partition coefficient (Wildman–Crippen LogP) is 7.58. The topological polar surface area (TPSA) is 58.6 Å². The molecule has 1 fully saturated rings. The smallest absolute Gasteiger partial charge is 0.412 e. The Balaban J connectivity index is 1.39. The Kier molecular flexibility index (Phi) is 7.00. The number of rotatable bonds is 6. The van der Waals surface area contributed by atoms with E-state index in [1.807, 2.05) is 51.1 Å². The van der Waals surface area contributed by atoms with Gasteiger partial charge in [0, 0.05) is 18.7 Å². The first-order valence-corrected chi connectivity index (χ1v) is 14.4. The molecule has 41 heavy (non-hydrogen) atoms. The molecule has 1 aliphatic heterocycles. The number of Topliss-reactive ketones (excluding diaryl/α,β-unsaturated/α-hetero) is 1. The first-order chi connectivity index (χ1) is 19.8. The minimum Gasteiger partial charge on any atom is -0.444 e. The van der Waals surface area contributed by atoms with Crippen LogP contribution in [0.5, 0.6) is 0 Å². The van der Waals surface area contributed by atoms with Crippen LogP contribution in [0.4, 0.5) is 10.5 Å². The van der Waals surface area contributed by atoms with E-state index in [4.69, 9.17) is 4.74 Å². The molecular formula is C36H36N2O3. The Labute approximate surface area is 242 Å². The number of hydrogen-bond donors (Lipinski definition) is 1. The van der Waals surface area contributed by atoms with Crippen molar-refractivity contribution in [2.75, 3.05) is 11.9 Å². The number of anilines is 1. The molecule has 5 nitrogen and oxygen atoms in total. The molecule has 0 radical (unpaired) electrons. The van der Waals surface area contributed by atoms with Gasteiger partial charge in [-0.2, -0.15) is 0 Å². The van der Waals surface area contributed by atoms with E-state index < -0.39 is 17.2 Å². The highest BCUT2D eigenvalue weighted by atomic mass is 16.6. The van der Waals surface area contributed by atoms with E-state index in [9.17, 15) is 9.59 Å². The fraction of sp³-hybridized carbons (Fsp3) is 0.278. The zero-order valence-electron chi connectivity index (χ0n) is 23.9. The van der Waals surface area contributed by atoms with E-state index in [0.717, 1.165) is 24.9 Å². The van der Waals surface area contributed by atoms with Crippen molar-refractivity contribution in [1.82, 2.24) is 4.90 Å². The molecule has 1 aliphatic carbocycles. The lowest BCUT2D eigenvalue weighted by molar-refractivity contribution is -0.124. The highest BCUT2D eigenvalue weighted by molar-refractivity contribution is 5.92. The van der Waals surface area contributed by atoms with Crippen molar-refractivity contribution in [3.8, 4) is 11.1 Å². The van der Waals surface area contributed by atoms with Gasteiger partial charge in [-0.3, -0.25) is 15.0 Å². The number of benzene rings is 4. The maximum Gasteiger partial charge on any atom is 0.412 e. The molecule has 208 valence electrons. The van der Waals surface area contributed by atoms with Crippen LogP contribution in [-0.2, 0) is 21.5 Å². The van der Waals surface area contributed by atoms with Crippen LogP contribution in [0.25, 0.3) is 11.1 Å². The number of amides is 1. The number of nitrogens with one attached hydrogen (secondary N) is 1. The van der Waals surface area contributed by atoms with Gasteiger partial charge in [0.1, 0.15) is 5.60 Å². The summed E-state index contributed by atoms with van der Waals surface area (Å²) in [6.45, 7) is 6.31. The van der Waals surface area contributed by atoms with Crippen LogP contribution in [0.15, 0.2) is 103 Å². The third kappa shape index (κ3) is 4.85. The molecule has 6 rings (SSSR count). The lowest BCUT2D eigenvalue weighted by Gasteiger charge is -2.44. The van der Waals surface area contributed by atoms with Crippen LogP contribution in [0.3, 0.4) is 0 Å². The molecule has 4 aromatic rings. The largest absolute Gasteiger partial charge is 0.444 e. The molecule has 0 unspecified atom stereocenters. The van der Waals surface area contributed by atoms with Gasteiger partial charge in [0.2, 0.25) is 0 Å². The molecule has 0 spiro atoms. The maximum absolute atomic E-state index is 14.3. The first-order valence-electron chi connectivity index (χ1n) is 14.4. The minimum absolute atomic E-state index is 0.151. The van der Waals surface area contributed by atoms with Gasteiger partial charge in [0.25, 0.3) is 0 Å². The minimum atomic E-state index is -0.612. The standard InChI is InChI=1S/C36H36N2O3/c1-35(2,3)41-34(40)37-31-21-12-7-14-25(31)24-33(39)32-22-13-23-38(32)36(26-15-5-4-6-16-26)29-19-10-8-17-27(29)28-18-9-11-20-30(28)36/h4-12,14-21,32H,13,22-24H2,1-3H3,(H,37,40)/t32-/m0/s1. The van der Waals surface area contributed by atoms with E-state index in [1.165, 1.54) is 27.8 Å². The number of fused-ring (bicyclic) bond motifs is 3. The van der Waals surface area contributed by atoms with Crippen molar-refractivity contribution in [2.45, 2.75) is 57.2 Å². The summed E-state index contributed by atoms with van der Waals surface area (Å²) in [4.78, 5) is 29.3. The van der Waals surface area contributed by atoms with Crippen LogP contribution in [0, 0.1) is 0 Å². The highest BCUT2D eigenvalue weighted by Crippen LogP contribution is 2.56. The lowest BCUT2D eigenvalue weighted by atomic mass is 9.78. The van der Waals surface area contributed by atoms with Crippen LogP contribution in [0.2, 0.25) is 0 Å². The third-order valence-electron chi connectivity index (χ3n) is 8.19. The molecule has 1 saturated heterocycles. The molecule has 1 N–H and O–H groups in total. The zero-order valence-corrected chi connectivity index (χ0v) is 23.9. The van der Waals surface area contributed by atoms with Crippen LogP contribution in [-0.4, -0.2) is 35.0 Å². The predicted molar refractivity (Wildman–Crippen MR) is 163 cm³/mol. The second-order valence-electron chi connectivity index (χ2n) is 11.9. The van der Waals surface area contributed by atoms with Crippen molar-refractivity contribution in [1.29, 1.82) is 0 Å². The summed E-state index contributed by atoms with van der Waals surface area (Å²) < 4.78 is 5.47. The molecule has 0 bridgehead atoms. The van der Waals surface area contributed by atoms with E-state index >= 15 is 0 Å². The second kappa shape index (κ2) is 10.6. The molecule has 5 heteroatoms. The van der Waals surface area contributed by atoms with Gasteiger partial charge in [-0.05, 0) is 73.1 Å². The SMILES string of the molecule is CC(C)(C)OC(=O)Nc1ccccc1CC(=O)[C@@H]1CCCN1C1(c2ccccc2)c2ccccc2-c2ccccc21. The summed E-state index contributed by atoms with van der Waals surface area (Å²) in [5.41, 5.74) is 6.26. The number of likely N-dealkylation sites (tertiary alicyclic amines) is 1. The Morgan fingerprint density at radius 3 is 2.07 bits per heavy atom. The van der Waals surface area contributed by atoms with Crippen molar-refractivity contribution < 1.29 is 14.3 Å². The van der Waals surface area contributed by atoms with Gasteiger partial charge >= 0.3 is 6.09 Å². The lowest BCUT2D eigenvalue weighted by Crippen LogP contribution is -2.52. The van der Waals surface area contributed by atoms with E-state index in [1.54, 1.807) is 0 Å². The Morgan fingerprint density at radius 1 is 0.829 bits per heavy atom. The highest BCUT2D eigenvalue weighted by Gasteiger charge is 2.53. The fourth-order valence-corrected chi connectivity index (χ4v) is 6.70. The number of hydrogen-bond acceptors (Lipinski definition) is 4. The van der Waals surface area contributed by atoms with Gasteiger partial charge < -0.3 is 4.74 Å². The normalized spacial score (nSPS) is 17.5. The molecule has 0 saturated carbocycles. The van der Waals surface area contributed by atoms with Crippen molar-refractivity contribution in [3.63, 3.8) is 0 Å². The van der Waals surface area contributed by atoms with Crippen LogP contribution in [0.1, 0.15) is 55.9 Å². The number of carbonyl (C=O) groups is 2. The summed E-state index contributed by atoms with van der Waals surface area (Å²) in [7, 11) is 0. The third-order valence-corrected chi connectivity index (χ3v) is 8.19. The van der Waals surface area contributed by atoms with Gasteiger partial charge in [-0.25, -0.2) is 4.79 Å². The molecule has 0 aromatic heterocycles. The number of nitrogens with zero attached hydrogens (tertiary/aromatic N) is 1. The molecule has 1 heterocycles. The van der Waals surface area contributed by atoms with Crippen LogP contribution < -0.4 is 5.32 Å². The first kappa shape index (κ1) is 27.0. The fourth-order valence-electron chi connectivity index (χ4n) is 6.70. The van der Waals surface area contributed by atoms with Gasteiger partial charge in [-0.15, -0.1) is 0 Å². The number of carbonyl (C=O) groups excluding carboxylic acids is 2. The van der Waals surface area contributed by atoms with Gasteiger partial charge in [0.05, 0.1) is 11.6 Å². The van der Waals surface area contributed by atoms with Gasteiger partial charge in [0.15, 0.2) is 5.78 Å². The quantitative estimate of drug-likeness (QED) is 0.272. The number of ether oxygens (including phenoxy) is 1. The summed E-state index contributed by atoms with van der Waals surface area (Å²) in [5.74, 6) is 0.151. The van der Waals surface area contributed by atoms with Crippen molar-refractivity contribution >= 4 is 17.6 Å². The number of ketones is 1. The molecule has 2 aliphatic rings. The zero-order chi connectivity index (χ0) is 28.6. The van der Waals surface area contributed by atoms with Crippen molar-refractivity contribution in [2.24, 2.45) is 0 Å². The second-order valence-corrected chi connectivity index (χ2v) is 11.9. The van der Waals surface area contributed by atoms with E-state index in [2.05, 4.69) is 83.0 Å². The molecule has 1 amide bonds. The average Bonchev–Trinajstić information content (AvgIpc) is 3.56. The van der Waals surface area contributed by atoms with Gasteiger partial charge in [-0.1, -0.05) is 97.1 Å². The van der Waals surface area contributed by atoms with Crippen LogP contribution >= 0.6 is 0 Å². The number of para-hydroxylation sites is 1. The van der Waals surface area contributed by atoms with E-state index in [0.29, 0.717) is 5.69 Å². The molecular weight excluding hydrogens is 508 g/mol. The Bertz CT molecular complexity index is 1540. The van der Waals surface area contributed by atoms with Crippen molar-refractivity contribution in [3.05, 3.63) is 125 Å². The summed E-state index contributed by atoms with van der Waals surface area (Å²) in [5, 5.41) is 2.86.